The van der Waals surface area contributed by atoms with E-state index in [4.69, 9.17) is 9.47 Å². The number of para-hydroxylation sites is 1. The van der Waals surface area contributed by atoms with Gasteiger partial charge in [0.2, 0.25) is 5.95 Å². The van der Waals surface area contributed by atoms with Crippen LogP contribution in [-0.4, -0.2) is 71.5 Å². The van der Waals surface area contributed by atoms with E-state index in [-0.39, 0.29) is 12.6 Å². The van der Waals surface area contributed by atoms with Gasteiger partial charge < -0.3 is 25.0 Å². The zero-order chi connectivity index (χ0) is 24.1. The van der Waals surface area contributed by atoms with Crippen LogP contribution in [0.4, 0.5) is 10.7 Å². The fourth-order valence-corrected chi connectivity index (χ4v) is 4.97. The highest BCUT2D eigenvalue weighted by molar-refractivity contribution is 7.99. The van der Waals surface area contributed by atoms with Crippen molar-refractivity contribution in [3.63, 3.8) is 0 Å². The van der Waals surface area contributed by atoms with Crippen molar-refractivity contribution < 1.29 is 19.1 Å². The summed E-state index contributed by atoms with van der Waals surface area (Å²) in [7, 11) is 0. The lowest BCUT2D eigenvalue weighted by atomic mass is 10.0. The molecule has 2 aliphatic rings. The van der Waals surface area contributed by atoms with Crippen molar-refractivity contribution >= 4 is 29.7 Å². The first-order valence-corrected chi connectivity index (χ1v) is 12.5. The van der Waals surface area contributed by atoms with Crippen molar-refractivity contribution in [3.8, 4) is 5.69 Å². The summed E-state index contributed by atoms with van der Waals surface area (Å²) in [5, 5.41) is 15.3. The molecule has 1 unspecified atom stereocenters. The van der Waals surface area contributed by atoms with Gasteiger partial charge in [0.05, 0.1) is 37.1 Å². The Kier molecular flexibility index (Phi) is 7.73. The summed E-state index contributed by atoms with van der Waals surface area (Å²) in [6, 6.07) is 7.34. The minimum atomic E-state index is -0.424. The Balaban J connectivity index is 1.69. The number of amides is 2. The zero-order valence-corrected chi connectivity index (χ0v) is 20.5. The molecule has 1 atom stereocenters. The van der Waals surface area contributed by atoms with Crippen LogP contribution >= 0.6 is 11.8 Å². The first-order valence-electron chi connectivity index (χ1n) is 11.5. The van der Waals surface area contributed by atoms with E-state index >= 15 is 0 Å². The molecule has 11 heteroatoms. The molecule has 1 aromatic heterocycles. The third kappa shape index (κ3) is 5.05. The number of carbonyl (C=O) groups excluding carboxylic acids is 2. The minimum Gasteiger partial charge on any atom is -0.463 e. The Morgan fingerprint density at radius 2 is 2.00 bits per heavy atom. The predicted molar refractivity (Wildman–Crippen MR) is 129 cm³/mol. The summed E-state index contributed by atoms with van der Waals surface area (Å²) >= 11 is 1.42. The number of ether oxygens (including phenoxy) is 2. The van der Waals surface area contributed by atoms with E-state index in [9.17, 15) is 9.59 Å². The van der Waals surface area contributed by atoms with Crippen LogP contribution in [0.1, 0.15) is 25.8 Å². The maximum Gasteiger partial charge on any atom is 0.337 e. The lowest BCUT2D eigenvalue weighted by Crippen LogP contribution is -2.50. The molecule has 2 N–H and O–H groups in total. The van der Waals surface area contributed by atoms with Crippen LogP contribution in [0.3, 0.4) is 0 Å². The number of nitrogens with one attached hydrogen (secondary N) is 2. The number of hydrogen-bond acceptors (Lipinski definition) is 8. The van der Waals surface area contributed by atoms with Gasteiger partial charge in [0.25, 0.3) is 0 Å². The minimum absolute atomic E-state index is 0.262. The third-order valence-electron chi connectivity index (χ3n) is 5.76. The van der Waals surface area contributed by atoms with E-state index in [1.54, 1.807) is 6.92 Å². The Labute approximate surface area is 203 Å². The molecule has 3 heterocycles. The van der Waals surface area contributed by atoms with Crippen molar-refractivity contribution in [2.24, 2.45) is 0 Å². The number of hydrogen-bond donors (Lipinski definition) is 2. The molecule has 1 aromatic carbocycles. The maximum atomic E-state index is 12.7. The summed E-state index contributed by atoms with van der Waals surface area (Å²) in [6.07, 6.45) is 0.580. The summed E-state index contributed by atoms with van der Waals surface area (Å²) < 4.78 is 12.8. The number of benzene rings is 1. The van der Waals surface area contributed by atoms with Gasteiger partial charge in [0, 0.05) is 24.5 Å². The molecule has 2 amide bonds. The normalized spacial score (nSPS) is 18.5. The average Bonchev–Trinajstić information content (AvgIpc) is 3.27. The van der Waals surface area contributed by atoms with Gasteiger partial charge in [0.1, 0.15) is 0 Å². The molecule has 1 saturated heterocycles. The molecule has 4 rings (SSSR count). The van der Waals surface area contributed by atoms with Gasteiger partial charge in [-0.05, 0) is 31.9 Å². The second kappa shape index (κ2) is 10.9. The molecule has 0 bridgehead atoms. The molecule has 2 aliphatic heterocycles. The monoisotopic (exact) mass is 486 g/mol. The molecule has 0 aliphatic carbocycles. The second-order valence-electron chi connectivity index (χ2n) is 7.96. The number of esters is 1. The Morgan fingerprint density at radius 1 is 1.24 bits per heavy atom. The summed E-state index contributed by atoms with van der Waals surface area (Å²) in [5.41, 5.74) is 3.06. The van der Waals surface area contributed by atoms with Gasteiger partial charge in [-0.3, -0.25) is 4.57 Å². The van der Waals surface area contributed by atoms with Crippen LogP contribution in [0.2, 0.25) is 0 Å². The van der Waals surface area contributed by atoms with Crippen LogP contribution in [0.25, 0.3) is 5.69 Å². The van der Waals surface area contributed by atoms with E-state index in [2.05, 4.69) is 25.7 Å². The van der Waals surface area contributed by atoms with Gasteiger partial charge in [-0.25, -0.2) is 9.59 Å². The molecule has 10 nitrogen and oxygen atoms in total. The van der Waals surface area contributed by atoms with Crippen molar-refractivity contribution in [1.82, 2.24) is 25.4 Å². The number of thioether (sulfide) groups is 1. The van der Waals surface area contributed by atoms with Crippen LogP contribution in [0.5, 0.6) is 0 Å². The van der Waals surface area contributed by atoms with Crippen LogP contribution in [0.15, 0.2) is 40.7 Å². The number of rotatable bonds is 8. The first kappa shape index (κ1) is 24.1. The maximum absolute atomic E-state index is 12.7. The Bertz CT molecular complexity index is 1080. The smallest absolute Gasteiger partial charge is 0.337 e. The van der Waals surface area contributed by atoms with Crippen LogP contribution in [-0.2, 0) is 14.3 Å². The highest BCUT2D eigenvalue weighted by atomic mass is 32.2. The van der Waals surface area contributed by atoms with E-state index in [1.807, 2.05) is 42.7 Å². The van der Waals surface area contributed by atoms with Gasteiger partial charge >= 0.3 is 12.0 Å². The standard InChI is InChI=1S/C23H30N6O4S/c1-4-16-19(20(30)33-5-2)17(25-21(31)24-16)14-34-23-27-26-22(28-10-12-32-13-11-28)29(23)18-9-7-6-8-15(18)3/h6-9,16H,4-5,10-14H2,1-3H3,(H2,24,25,31). The fraction of sp³-hybridized carbons (Fsp3) is 0.478. The zero-order valence-electron chi connectivity index (χ0n) is 19.7. The molecular formula is C23H30N6O4S. The van der Waals surface area contributed by atoms with Crippen LogP contribution in [0, 0.1) is 6.92 Å². The topological polar surface area (TPSA) is 111 Å². The van der Waals surface area contributed by atoms with Gasteiger partial charge in [-0.1, -0.05) is 36.9 Å². The lowest BCUT2D eigenvalue weighted by molar-refractivity contribution is -0.139. The molecule has 0 radical (unpaired) electrons. The quantitative estimate of drug-likeness (QED) is 0.432. The van der Waals surface area contributed by atoms with Gasteiger partial charge in [-0.15, -0.1) is 10.2 Å². The Hall–Kier alpha value is -3.05. The molecule has 1 fully saturated rings. The molecule has 0 spiro atoms. The number of nitrogens with zero attached hydrogens (tertiary/aromatic N) is 4. The predicted octanol–water partition coefficient (Wildman–Crippen LogP) is 2.41. The van der Waals surface area contributed by atoms with E-state index < -0.39 is 12.0 Å². The molecule has 2 aromatic rings. The van der Waals surface area contributed by atoms with Crippen molar-refractivity contribution in [3.05, 3.63) is 41.1 Å². The summed E-state index contributed by atoms with van der Waals surface area (Å²) in [4.78, 5) is 27.1. The second-order valence-corrected chi connectivity index (χ2v) is 8.91. The highest BCUT2D eigenvalue weighted by Gasteiger charge is 2.32. The number of morpholine rings is 1. The number of carbonyl (C=O) groups is 2. The summed E-state index contributed by atoms with van der Waals surface area (Å²) in [5.74, 6) is 0.665. The molecule has 34 heavy (non-hydrogen) atoms. The fourth-order valence-electron chi connectivity index (χ4n) is 4.06. The van der Waals surface area contributed by atoms with Crippen molar-refractivity contribution in [1.29, 1.82) is 0 Å². The molecular weight excluding hydrogens is 456 g/mol. The lowest BCUT2D eigenvalue weighted by Gasteiger charge is -2.29. The number of urea groups is 1. The van der Waals surface area contributed by atoms with Gasteiger partial charge in [-0.2, -0.15) is 0 Å². The van der Waals surface area contributed by atoms with Crippen LogP contribution < -0.4 is 15.5 Å². The number of aromatic nitrogens is 3. The van der Waals surface area contributed by atoms with E-state index in [1.165, 1.54) is 11.8 Å². The largest absolute Gasteiger partial charge is 0.463 e. The SMILES string of the molecule is CCOC(=O)C1=C(CSc2nnc(N3CCOCC3)n2-c2ccccc2C)NC(=O)NC1CC. The van der Waals surface area contributed by atoms with E-state index in [0.717, 1.165) is 30.3 Å². The first-order chi connectivity index (χ1) is 16.5. The number of anilines is 1. The van der Waals surface area contributed by atoms with E-state index in [0.29, 0.717) is 41.8 Å². The number of aryl methyl sites for hydroxylation is 1. The average molecular weight is 487 g/mol. The van der Waals surface area contributed by atoms with Gasteiger partial charge in [0.15, 0.2) is 5.16 Å². The molecule has 182 valence electrons. The van der Waals surface area contributed by atoms with Crippen molar-refractivity contribution in [2.45, 2.75) is 38.4 Å². The molecule has 0 saturated carbocycles. The third-order valence-corrected chi connectivity index (χ3v) is 6.71. The summed E-state index contributed by atoms with van der Waals surface area (Å²) in [6.45, 7) is 8.72. The highest BCUT2D eigenvalue weighted by Crippen LogP contribution is 2.31. The Morgan fingerprint density at radius 3 is 2.71 bits per heavy atom. The van der Waals surface area contributed by atoms with Crippen molar-refractivity contribution in [2.75, 3.05) is 43.6 Å².